The number of hydrogen-bond acceptors (Lipinski definition) is 6. The quantitative estimate of drug-likeness (QED) is 0.641. The van der Waals surface area contributed by atoms with E-state index in [1.807, 2.05) is 6.92 Å². The standard InChI is InChI=1S/C14H12ClF2N5O2S2/c1-14(2-3-14)21-26(23,24)7-4-8-10(18-6-22(8)9(15)5-7)12-19-20-13(25-12)11(16)17/h4-6,11,21H,2-3H2,1H3. The fourth-order valence-corrected chi connectivity index (χ4v) is 4.97. The molecule has 4 rings (SSSR count). The molecule has 12 heteroatoms. The van der Waals surface area contributed by atoms with Gasteiger partial charge in [-0.15, -0.1) is 10.2 Å². The number of halogens is 3. The highest BCUT2D eigenvalue weighted by molar-refractivity contribution is 7.89. The minimum atomic E-state index is -3.78. The van der Waals surface area contributed by atoms with Crippen LogP contribution in [0.2, 0.25) is 5.15 Å². The molecule has 0 unspecified atom stereocenters. The molecule has 26 heavy (non-hydrogen) atoms. The molecule has 0 amide bonds. The smallest absolute Gasteiger partial charge is 0.289 e. The lowest BCUT2D eigenvalue weighted by Crippen LogP contribution is -2.34. The predicted molar refractivity (Wildman–Crippen MR) is 92.0 cm³/mol. The zero-order valence-electron chi connectivity index (χ0n) is 13.3. The molecule has 0 bridgehead atoms. The highest BCUT2D eigenvalue weighted by atomic mass is 35.5. The van der Waals surface area contributed by atoms with E-state index >= 15 is 0 Å². The number of imidazole rings is 1. The molecule has 0 atom stereocenters. The summed E-state index contributed by atoms with van der Waals surface area (Å²) >= 11 is 6.89. The normalized spacial score (nSPS) is 16.5. The number of pyridine rings is 1. The van der Waals surface area contributed by atoms with Crippen molar-refractivity contribution in [3.05, 3.63) is 28.6 Å². The van der Waals surface area contributed by atoms with E-state index in [4.69, 9.17) is 11.6 Å². The average molecular weight is 420 g/mol. The van der Waals surface area contributed by atoms with Crippen LogP contribution in [0.3, 0.4) is 0 Å². The van der Waals surface area contributed by atoms with Gasteiger partial charge in [-0.25, -0.2) is 26.9 Å². The van der Waals surface area contributed by atoms with Gasteiger partial charge in [-0.2, -0.15) is 0 Å². The molecule has 0 spiro atoms. The van der Waals surface area contributed by atoms with Gasteiger partial charge >= 0.3 is 0 Å². The van der Waals surface area contributed by atoms with Gasteiger partial charge in [0.2, 0.25) is 10.0 Å². The van der Waals surface area contributed by atoms with Crippen molar-refractivity contribution >= 4 is 38.5 Å². The SMILES string of the molecule is CC1(NS(=O)(=O)c2cc(Cl)n3cnc(-c4nnc(C(F)F)s4)c3c2)CC1. The van der Waals surface area contributed by atoms with E-state index in [9.17, 15) is 17.2 Å². The minimum Gasteiger partial charge on any atom is -0.289 e. The van der Waals surface area contributed by atoms with E-state index in [1.54, 1.807) is 0 Å². The number of aromatic nitrogens is 4. The Morgan fingerprint density at radius 1 is 1.35 bits per heavy atom. The molecule has 3 aromatic heterocycles. The van der Waals surface area contributed by atoms with E-state index in [-0.39, 0.29) is 20.8 Å². The van der Waals surface area contributed by atoms with E-state index < -0.39 is 27.0 Å². The summed E-state index contributed by atoms with van der Waals surface area (Å²) in [6.45, 7) is 1.82. The van der Waals surface area contributed by atoms with Crippen LogP contribution in [0.1, 0.15) is 31.2 Å². The number of rotatable bonds is 5. The van der Waals surface area contributed by atoms with Crippen molar-refractivity contribution in [2.24, 2.45) is 0 Å². The largest absolute Gasteiger partial charge is 0.291 e. The van der Waals surface area contributed by atoms with Crippen LogP contribution in [-0.2, 0) is 10.0 Å². The van der Waals surface area contributed by atoms with Crippen LogP contribution in [0.15, 0.2) is 23.4 Å². The second-order valence-electron chi connectivity index (χ2n) is 6.27. The van der Waals surface area contributed by atoms with Gasteiger partial charge < -0.3 is 0 Å². The van der Waals surface area contributed by atoms with Gasteiger partial charge in [-0.1, -0.05) is 22.9 Å². The van der Waals surface area contributed by atoms with Crippen molar-refractivity contribution in [2.75, 3.05) is 0 Å². The van der Waals surface area contributed by atoms with Gasteiger partial charge in [-0.05, 0) is 31.9 Å². The number of nitrogens with one attached hydrogen (secondary N) is 1. The number of nitrogens with zero attached hydrogens (tertiary/aromatic N) is 4. The van der Waals surface area contributed by atoms with Crippen molar-refractivity contribution in [1.29, 1.82) is 0 Å². The Labute approximate surface area is 156 Å². The molecule has 138 valence electrons. The molecule has 7 nitrogen and oxygen atoms in total. The molecule has 1 N–H and O–H groups in total. The Balaban J connectivity index is 1.82. The molecule has 3 aromatic rings. The van der Waals surface area contributed by atoms with E-state index in [1.165, 1.54) is 22.9 Å². The predicted octanol–water partition coefficient (Wildman–Crippen LogP) is 3.27. The van der Waals surface area contributed by atoms with Crippen LogP contribution in [0.25, 0.3) is 16.2 Å². The molecular formula is C14H12ClF2N5O2S2. The van der Waals surface area contributed by atoms with Crippen molar-refractivity contribution < 1.29 is 17.2 Å². The van der Waals surface area contributed by atoms with Crippen LogP contribution in [0.5, 0.6) is 0 Å². The zero-order chi connectivity index (χ0) is 18.7. The van der Waals surface area contributed by atoms with E-state index in [0.29, 0.717) is 16.9 Å². The summed E-state index contributed by atoms with van der Waals surface area (Å²) in [5, 5.41) is 7.02. The lowest BCUT2D eigenvalue weighted by Gasteiger charge is -2.13. The highest BCUT2D eigenvalue weighted by Crippen LogP contribution is 2.37. The van der Waals surface area contributed by atoms with Gasteiger partial charge in [0.1, 0.15) is 17.2 Å². The lowest BCUT2D eigenvalue weighted by molar-refractivity contribution is 0.150. The Morgan fingerprint density at radius 3 is 2.69 bits per heavy atom. The Bertz CT molecular complexity index is 1110. The summed E-state index contributed by atoms with van der Waals surface area (Å²) in [5.74, 6) is 0. The van der Waals surface area contributed by atoms with Gasteiger partial charge in [0, 0.05) is 5.54 Å². The lowest BCUT2D eigenvalue weighted by atomic mass is 10.3. The number of sulfonamides is 1. The molecule has 0 aromatic carbocycles. The zero-order valence-corrected chi connectivity index (χ0v) is 15.7. The van der Waals surface area contributed by atoms with Crippen LogP contribution in [0, 0.1) is 0 Å². The number of fused-ring (bicyclic) bond motifs is 1. The average Bonchev–Trinajstić information content (AvgIpc) is 3.00. The topological polar surface area (TPSA) is 89.2 Å². The maximum Gasteiger partial charge on any atom is 0.291 e. The maximum atomic E-state index is 12.8. The maximum absolute atomic E-state index is 12.8. The second-order valence-corrected chi connectivity index (χ2v) is 9.35. The molecule has 0 aliphatic heterocycles. The number of alkyl halides is 2. The van der Waals surface area contributed by atoms with E-state index in [2.05, 4.69) is 19.9 Å². The highest BCUT2D eigenvalue weighted by Gasteiger charge is 2.41. The third-order valence-corrected chi connectivity index (χ3v) is 6.94. The fraction of sp³-hybridized carbons (Fsp3) is 0.357. The number of hydrogen-bond donors (Lipinski definition) is 1. The first-order valence-electron chi connectivity index (χ1n) is 7.51. The monoisotopic (exact) mass is 419 g/mol. The molecule has 1 aliphatic carbocycles. The van der Waals surface area contributed by atoms with Gasteiger partial charge in [0.15, 0.2) is 10.0 Å². The molecular weight excluding hydrogens is 408 g/mol. The molecule has 0 radical (unpaired) electrons. The third-order valence-electron chi connectivity index (χ3n) is 4.10. The first kappa shape index (κ1) is 17.7. The first-order valence-corrected chi connectivity index (χ1v) is 10.2. The van der Waals surface area contributed by atoms with Crippen molar-refractivity contribution in [2.45, 2.75) is 36.6 Å². The van der Waals surface area contributed by atoms with Crippen molar-refractivity contribution in [1.82, 2.24) is 24.3 Å². The van der Waals surface area contributed by atoms with Crippen molar-refractivity contribution in [3.8, 4) is 10.7 Å². The molecule has 3 heterocycles. The molecule has 1 fully saturated rings. The minimum absolute atomic E-state index is 0.0246. The summed E-state index contributed by atoms with van der Waals surface area (Å²) in [5.41, 5.74) is 0.146. The summed E-state index contributed by atoms with van der Waals surface area (Å²) in [6, 6.07) is 2.71. The Kier molecular flexibility index (Phi) is 4.03. The van der Waals surface area contributed by atoms with Crippen LogP contribution < -0.4 is 4.72 Å². The summed E-state index contributed by atoms with van der Waals surface area (Å²) in [7, 11) is -3.78. The van der Waals surface area contributed by atoms with E-state index in [0.717, 1.165) is 12.8 Å². The Morgan fingerprint density at radius 2 is 2.08 bits per heavy atom. The van der Waals surface area contributed by atoms with Gasteiger partial charge in [0.25, 0.3) is 6.43 Å². The van der Waals surface area contributed by atoms with Crippen LogP contribution in [0.4, 0.5) is 8.78 Å². The first-order chi connectivity index (χ1) is 12.2. The Hall–Kier alpha value is -1.69. The summed E-state index contributed by atoms with van der Waals surface area (Å²) in [6.07, 6.45) is 0.170. The molecule has 1 aliphatic rings. The summed E-state index contributed by atoms with van der Waals surface area (Å²) in [4.78, 5) is 4.11. The second kappa shape index (κ2) is 5.91. The van der Waals surface area contributed by atoms with Crippen molar-refractivity contribution in [3.63, 3.8) is 0 Å². The van der Waals surface area contributed by atoms with Crippen LogP contribution >= 0.6 is 22.9 Å². The third kappa shape index (κ3) is 3.08. The summed E-state index contributed by atoms with van der Waals surface area (Å²) < 4.78 is 54.9. The fourth-order valence-electron chi connectivity index (χ4n) is 2.44. The van der Waals surface area contributed by atoms with Gasteiger partial charge in [-0.3, -0.25) is 4.40 Å². The molecule has 1 saturated carbocycles. The van der Waals surface area contributed by atoms with Crippen LogP contribution in [-0.4, -0.2) is 33.5 Å². The molecule has 0 saturated heterocycles. The van der Waals surface area contributed by atoms with Gasteiger partial charge in [0.05, 0.1) is 10.4 Å².